The van der Waals surface area contributed by atoms with Gasteiger partial charge in [0.15, 0.2) is 0 Å². The Morgan fingerprint density at radius 3 is 2.81 bits per heavy atom. The fourth-order valence-electron chi connectivity index (χ4n) is 2.51. The van der Waals surface area contributed by atoms with Gasteiger partial charge in [-0.15, -0.1) is 0 Å². The van der Waals surface area contributed by atoms with E-state index in [0.717, 1.165) is 25.4 Å². The van der Waals surface area contributed by atoms with Gasteiger partial charge >= 0.3 is 0 Å². The van der Waals surface area contributed by atoms with Crippen molar-refractivity contribution in [3.63, 3.8) is 0 Å². The molecular weight excluding hydrogens is 198 g/mol. The van der Waals surface area contributed by atoms with E-state index in [1.54, 1.807) is 0 Å². The van der Waals surface area contributed by atoms with Gasteiger partial charge in [-0.2, -0.15) is 5.26 Å². The highest BCUT2D eigenvalue weighted by Gasteiger charge is 2.25. The Bertz CT molecular complexity index is 254. The molecule has 0 radical (unpaired) electrons. The zero-order valence-corrected chi connectivity index (χ0v) is 10.9. The number of nitrogens with zero attached hydrogens (tertiary/aromatic N) is 2. The summed E-state index contributed by atoms with van der Waals surface area (Å²) in [5, 5.41) is 8.95. The van der Waals surface area contributed by atoms with Crippen molar-refractivity contribution in [3.05, 3.63) is 0 Å². The summed E-state index contributed by atoms with van der Waals surface area (Å²) >= 11 is 0. The fraction of sp³-hybridized carbons (Fsp3) is 0.923. The van der Waals surface area contributed by atoms with Gasteiger partial charge in [-0.3, -0.25) is 0 Å². The summed E-state index contributed by atoms with van der Waals surface area (Å²) in [5.41, 5.74) is 5.22. The van der Waals surface area contributed by atoms with Crippen LogP contribution in [0.4, 0.5) is 0 Å². The normalized spacial score (nSPS) is 28.8. The molecule has 3 atom stereocenters. The third-order valence-corrected chi connectivity index (χ3v) is 3.65. The standard InChI is InChI=1S/C13H25N3/c1-11-5-4-7-16(8-6-11)12(2)9-13(3,15)10-14/h11-12H,4-9,15H2,1-3H3. The van der Waals surface area contributed by atoms with Crippen LogP contribution in [0.5, 0.6) is 0 Å². The van der Waals surface area contributed by atoms with Gasteiger partial charge in [-0.1, -0.05) is 6.92 Å². The highest BCUT2D eigenvalue weighted by Crippen LogP contribution is 2.21. The first-order valence-corrected chi connectivity index (χ1v) is 6.39. The van der Waals surface area contributed by atoms with Crippen molar-refractivity contribution in [3.8, 4) is 6.07 Å². The summed E-state index contributed by atoms with van der Waals surface area (Å²) in [6.45, 7) is 8.66. The van der Waals surface area contributed by atoms with Crippen LogP contribution in [0.1, 0.15) is 46.5 Å². The third kappa shape index (κ3) is 4.11. The van der Waals surface area contributed by atoms with Gasteiger partial charge in [0.25, 0.3) is 0 Å². The van der Waals surface area contributed by atoms with E-state index in [1.165, 1.54) is 19.3 Å². The quantitative estimate of drug-likeness (QED) is 0.797. The van der Waals surface area contributed by atoms with Crippen LogP contribution in [0.2, 0.25) is 0 Å². The van der Waals surface area contributed by atoms with Crippen LogP contribution >= 0.6 is 0 Å². The molecule has 1 rings (SSSR count). The minimum atomic E-state index is -0.683. The van der Waals surface area contributed by atoms with Gasteiger partial charge < -0.3 is 10.6 Å². The average Bonchev–Trinajstić information content (AvgIpc) is 2.42. The summed E-state index contributed by atoms with van der Waals surface area (Å²) in [6, 6.07) is 2.60. The van der Waals surface area contributed by atoms with Crippen molar-refractivity contribution in [2.75, 3.05) is 13.1 Å². The lowest BCUT2D eigenvalue weighted by Crippen LogP contribution is -2.44. The monoisotopic (exact) mass is 223 g/mol. The van der Waals surface area contributed by atoms with Crippen LogP contribution in [0.25, 0.3) is 0 Å². The molecule has 0 amide bonds. The molecule has 0 aromatic carbocycles. The molecule has 1 aliphatic heterocycles. The maximum absolute atomic E-state index is 8.95. The molecule has 3 heteroatoms. The van der Waals surface area contributed by atoms with E-state index in [2.05, 4.69) is 24.8 Å². The predicted molar refractivity (Wildman–Crippen MR) is 66.9 cm³/mol. The van der Waals surface area contributed by atoms with Crippen molar-refractivity contribution in [1.29, 1.82) is 5.26 Å². The van der Waals surface area contributed by atoms with Crippen molar-refractivity contribution in [2.24, 2.45) is 11.7 Å². The largest absolute Gasteiger partial charge is 0.314 e. The van der Waals surface area contributed by atoms with Gasteiger partial charge in [0.1, 0.15) is 5.54 Å². The highest BCUT2D eigenvalue weighted by molar-refractivity contribution is 5.02. The number of rotatable bonds is 3. The maximum atomic E-state index is 8.95. The molecule has 0 spiro atoms. The summed E-state index contributed by atoms with van der Waals surface area (Å²) in [7, 11) is 0. The molecule has 0 aromatic heterocycles. The number of likely N-dealkylation sites (tertiary alicyclic amines) is 1. The molecule has 0 bridgehead atoms. The SMILES string of the molecule is CC1CCCN(C(C)CC(C)(N)C#N)CC1. The van der Waals surface area contributed by atoms with Crippen molar-refractivity contribution >= 4 is 0 Å². The summed E-state index contributed by atoms with van der Waals surface area (Å²) in [6.07, 6.45) is 4.65. The molecule has 3 nitrogen and oxygen atoms in total. The lowest BCUT2D eigenvalue weighted by molar-refractivity contribution is 0.190. The minimum Gasteiger partial charge on any atom is -0.314 e. The Labute approximate surface area is 99.6 Å². The summed E-state index contributed by atoms with van der Waals surface area (Å²) < 4.78 is 0. The molecule has 0 aromatic rings. The van der Waals surface area contributed by atoms with Crippen LogP contribution in [-0.2, 0) is 0 Å². The summed E-state index contributed by atoms with van der Waals surface area (Å²) in [4.78, 5) is 2.49. The van der Waals surface area contributed by atoms with Crippen LogP contribution in [0, 0.1) is 17.2 Å². The second kappa shape index (κ2) is 5.65. The summed E-state index contributed by atoms with van der Waals surface area (Å²) in [5.74, 6) is 0.845. The second-order valence-corrected chi connectivity index (χ2v) is 5.65. The van der Waals surface area contributed by atoms with Gasteiger partial charge in [-0.05, 0) is 58.5 Å². The topological polar surface area (TPSA) is 53.0 Å². The maximum Gasteiger partial charge on any atom is 0.102 e. The molecule has 0 aliphatic carbocycles. The van der Waals surface area contributed by atoms with Crippen molar-refractivity contribution in [2.45, 2.75) is 58.0 Å². The Morgan fingerprint density at radius 2 is 2.19 bits per heavy atom. The van der Waals surface area contributed by atoms with Crippen molar-refractivity contribution in [1.82, 2.24) is 4.90 Å². The zero-order chi connectivity index (χ0) is 12.2. The molecule has 3 unspecified atom stereocenters. The van der Waals surface area contributed by atoms with Crippen LogP contribution in [-0.4, -0.2) is 29.6 Å². The van der Waals surface area contributed by atoms with E-state index in [0.29, 0.717) is 6.04 Å². The van der Waals surface area contributed by atoms with E-state index >= 15 is 0 Å². The highest BCUT2D eigenvalue weighted by atomic mass is 15.2. The second-order valence-electron chi connectivity index (χ2n) is 5.65. The lowest BCUT2D eigenvalue weighted by Gasteiger charge is -2.31. The van der Waals surface area contributed by atoms with E-state index < -0.39 is 5.54 Å². The van der Waals surface area contributed by atoms with Crippen molar-refractivity contribution < 1.29 is 0 Å². The molecule has 2 N–H and O–H groups in total. The Kier molecular flexibility index (Phi) is 4.76. The molecular formula is C13H25N3. The van der Waals surface area contributed by atoms with Crippen LogP contribution in [0.15, 0.2) is 0 Å². The molecule has 1 fully saturated rings. The molecule has 1 aliphatic rings. The average molecular weight is 223 g/mol. The Morgan fingerprint density at radius 1 is 1.50 bits per heavy atom. The number of hydrogen-bond donors (Lipinski definition) is 1. The fourth-order valence-corrected chi connectivity index (χ4v) is 2.51. The van der Waals surface area contributed by atoms with Gasteiger partial charge in [-0.25, -0.2) is 0 Å². The van der Waals surface area contributed by atoms with Gasteiger partial charge in [0, 0.05) is 6.04 Å². The van der Waals surface area contributed by atoms with Gasteiger partial charge in [0.2, 0.25) is 0 Å². The first-order chi connectivity index (χ1) is 7.44. The molecule has 1 heterocycles. The molecule has 1 saturated heterocycles. The molecule has 16 heavy (non-hydrogen) atoms. The third-order valence-electron chi connectivity index (χ3n) is 3.65. The number of hydrogen-bond acceptors (Lipinski definition) is 3. The first-order valence-electron chi connectivity index (χ1n) is 6.39. The molecule has 92 valence electrons. The van der Waals surface area contributed by atoms with Crippen LogP contribution in [0.3, 0.4) is 0 Å². The lowest BCUT2D eigenvalue weighted by atomic mass is 9.96. The molecule has 0 saturated carbocycles. The number of nitriles is 1. The van der Waals surface area contributed by atoms with Crippen LogP contribution < -0.4 is 5.73 Å². The van der Waals surface area contributed by atoms with E-state index in [4.69, 9.17) is 11.0 Å². The van der Waals surface area contributed by atoms with E-state index in [9.17, 15) is 0 Å². The Hall–Kier alpha value is -0.590. The minimum absolute atomic E-state index is 0.417. The van der Waals surface area contributed by atoms with Gasteiger partial charge in [0.05, 0.1) is 6.07 Å². The number of nitrogens with two attached hydrogens (primary N) is 1. The first kappa shape index (κ1) is 13.5. The zero-order valence-electron chi connectivity index (χ0n) is 10.9. The Balaban J connectivity index is 2.47. The smallest absolute Gasteiger partial charge is 0.102 e. The van der Waals surface area contributed by atoms with E-state index in [1.807, 2.05) is 6.92 Å². The predicted octanol–water partition coefficient (Wildman–Crippen LogP) is 2.13. The van der Waals surface area contributed by atoms with E-state index in [-0.39, 0.29) is 0 Å².